The molecule has 3 nitrogen and oxygen atoms in total. The van der Waals surface area contributed by atoms with Crippen LogP contribution in [0.3, 0.4) is 0 Å². The molecule has 3 N–H and O–H groups in total. The van der Waals surface area contributed by atoms with Crippen molar-refractivity contribution in [2.24, 2.45) is 5.73 Å². The molecule has 0 spiro atoms. The van der Waals surface area contributed by atoms with Crippen LogP contribution in [0.25, 0.3) is 0 Å². The summed E-state index contributed by atoms with van der Waals surface area (Å²) in [7, 11) is 0. The van der Waals surface area contributed by atoms with Crippen molar-refractivity contribution >= 4 is 0 Å². The highest BCUT2D eigenvalue weighted by molar-refractivity contribution is 5.29. The molecule has 0 saturated heterocycles. The first-order valence-electron chi connectivity index (χ1n) is 4.68. The van der Waals surface area contributed by atoms with Gasteiger partial charge in [0.2, 0.25) is 0 Å². The first-order valence-corrected chi connectivity index (χ1v) is 4.68. The maximum atomic E-state index is 5.92. The maximum Gasteiger partial charge on any atom is 0.0909 e. The van der Waals surface area contributed by atoms with E-state index in [2.05, 4.69) is 43.3 Å². The molecule has 2 rings (SSSR count). The molecule has 0 bridgehead atoms. The zero-order valence-electron chi connectivity index (χ0n) is 8.41. The van der Waals surface area contributed by atoms with Gasteiger partial charge in [-0.15, -0.1) is 0 Å². The predicted octanol–water partition coefficient (Wildman–Crippen LogP) is 0.755. The van der Waals surface area contributed by atoms with Gasteiger partial charge in [0, 0.05) is 17.4 Å². The third kappa shape index (κ3) is 1.19. The zero-order chi connectivity index (χ0) is 9.64. The lowest BCUT2D eigenvalue weighted by molar-refractivity contribution is 0.180. The average Bonchev–Trinajstić information content (AvgIpc) is 2.51. The lowest BCUT2D eigenvalue weighted by Gasteiger charge is -2.36. The normalized spacial score (nSPS) is 31.6. The van der Waals surface area contributed by atoms with E-state index in [0.717, 1.165) is 5.70 Å². The third-order valence-electron chi connectivity index (χ3n) is 2.65. The first kappa shape index (κ1) is 8.48. The van der Waals surface area contributed by atoms with E-state index < -0.39 is 0 Å². The Hall–Kier alpha value is -1.12. The van der Waals surface area contributed by atoms with Crippen molar-refractivity contribution in [2.75, 3.05) is 0 Å². The van der Waals surface area contributed by atoms with Crippen molar-refractivity contribution in [3.63, 3.8) is 0 Å². The van der Waals surface area contributed by atoms with Crippen molar-refractivity contribution in [2.45, 2.75) is 38.4 Å². The van der Waals surface area contributed by atoms with Gasteiger partial charge >= 0.3 is 0 Å². The van der Waals surface area contributed by atoms with Gasteiger partial charge in [-0.05, 0) is 33.0 Å². The molecule has 0 aromatic heterocycles. The van der Waals surface area contributed by atoms with E-state index in [-0.39, 0.29) is 5.54 Å². The highest BCUT2D eigenvalue weighted by Gasteiger charge is 2.39. The van der Waals surface area contributed by atoms with Gasteiger partial charge in [-0.3, -0.25) is 0 Å². The van der Waals surface area contributed by atoms with Crippen LogP contribution in [0.15, 0.2) is 24.2 Å². The van der Waals surface area contributed by atoms with Crippen LogP contribution in [0, 0.1) is 0 Å². The minimum Gasteiger partial charge on any atom is -0.399 e. The van der Waals surface area contributed by atoms with Gasteiger partial charge in [0.15, 0.2) is 0 Å². The average molecular weight is 179 g/mol. The van der Waals surface area contributed by atoms with Gasteiger partial charge in [-0.2, -0.15) is 0 Å². The number of rotatable bonds is 0. The van der Waals surface area contributed by atoms with Crippen LogP contribution in [0.2, 0.25) is 0 Å². The van der Waals surface area contributed by atoms with Crippen LogP contribution in [-0.2, 0) is 0 Å². The molecule has 2 heterocycles. The Labute approximate surface area is 79.3 Å². The second-order valence-electron chi connectivity index (χ2n) is 4.70. The van der Waals surface area contributed by atoms with Crippen LogP contribution >= 0.6 is 0 Å². The monoisotopic (exact) mass is 179 g/mol. The van der Waals surface area contributed by atoms with Crippen molar-refractivity contribution in [3.05, 3.63) is 24.2 Å². The summed E-state index contributed by atoms with van der Waals surface area (Å²) in [6.45, 7) is 6.60. The maximum absolute atomic E-state index is 5.92. The largest absolute Gasteiger partial charge is 0.399 e. The topological polar surface area (TPSA) is 41.3 Å². The Morgan fingerprint density at radius 3 is 2.77 bits per heavy atom. The molecule has 2 aliphatic rings. The van der Waals surface area contributed by atoms with Crippen LogP contribution < -0.4 is 11.1 Å². The summed E-state index contributed by atoms with van der Waals surface area (Å²) >= 11 is 0. The molecule has 0 aromatic rings. The van der Waals surface area contributed by atoms with Gasteiger partial charge in [0.05, 0.1) is 12.1 Å². The quantitative estimate of drug-likeness (QED) is 0.576. The van der Waals surface area contributed by atoms with E-state index in [1.807, 2.05) is 6.20 Å². The van der Waals surface area contributed by atoms with E-state index in [1.165, 1.54) is 0 Å². The lowest BCUT2D eigenvalue weighted by atomic mass is 10.0. The van der Waals surface area contributed by atoms with E-state index in [0.29, 0.717) is 12.1 Å². The van der Waals surface area contributed by atoms with Crippen LogP contribution in [0.5, 0.6) is 0 Å². The van der Waals surface area contributed by atoms with Gasteiger partial charge in [-0.25, -0.2) is 0 Å². The number of hydrogen-bond donors (Lipinski definition) is 2. The highest BCUT2D eigenvalue weighted by Crippen LogP contribution is 2.30. The zero-order valence-corrected chi connectivity index (χ0v) is 8.41. The SMILES string of the molecule is CC(C)(C)N1C=C(N)C2NC=CC21. The summed E-state index contributed by atoms with van der Waals surface area (Å²) in [4.78, 5) is 2.31. The molecular formula is C10H17N3. The van der Waals surface area contributed by atoms with Crippen molar-refractivity contribution < 1.29 is 0 Å². The molecule has 3 heteroatoms. The fourth-order valence-electron chi connectivity index (χ4n) is 1.98. The Bertz CT molecular complexity index is 272. The van der Waals surface area contributed by atoms with Crippen LogP contribution in [0.1, 0.15) is 20.8 Å². The van der Waals surface area contributed by atoms with E-state index >= 15 is 0 Å². The van der Waals surface area contributed by atoms with Crippen molar-refractivity contribution in [3.8, 4) is 0 Å². The fourth-order valence-corrected chi connectivity index (χ4v) is 1.98. The van der Waals surface area contributed by atoms with Gasteiger partial charge < -0.3 is 16.0 Å². The second kappa shape index (κ2) is 2.44. The predicted molar refractivity (Wildman–Crippen MR) is 53.7 cm³/mol. The molecule has 0 radical (unpaired) electrons. The molecule has 0 aliphatic carbocycles. The molecule has 13 heavy (non-hydrogen) atoms. The standard InChI is InChI=1S/C10H17N3/c1-10(2,3)13-6-7(11)9-8(13)4-5-12-9/h4-6,8-9,12H,11H2,1-3H3. The van der Waals surface area contributed by atoms with Crippen molar-refractivity contribution in [1.82, 2.24) is 10.2 Å². The number of nitrogens with one attached hydrogen (secondary N) is 1. The summed E-state index contributed by atoms with van der Waals surface area (Å²) < 4.78 is 0. The summed E-state index contributed by atoms with van der Waals surface area (Å²) in [6.07, 6.45) is 6.23. The summed E-state index contributed by atoms with van der Waals surface area (Å²) in [5.41, 5.74) is 7.00. The molecule has 0 fully saturated rings. The number of fused-ring (bicyclic) bond motifs is 1. The summed E-state index contributed by atoms with van der Waals surface area (Å²) in [6, 6.07) is 0.694. The van der Waals surface area contributed by atoms with Crippen LogP contribution in [-0.4, -0.2) is 22.5 Å². The summed E-state index contributed by atoms with van der Waals surface area (Å²) in [5.74, 6) is 0. The lowest BCUT2D eigenvalue weighted by Crippen LogP contribution is -2.46. The second-order valence-corrected chi connectivity index (χ2v) is 4.70. The Morgan fingerprint density at radius 2 is 2.15 bits per heavy atom. The molecule has 2 aliphatic heterocycles. The first-order chi connectivity index (χ1) is 6.00. The molecule has 2 atom stereocenters. The minimum atomic E-state index is 0.139. The minimum absolute atomic E-state index is 0.139. The fraction of sp³-hybridized carbons (Fsp3) is 0.600. The third-order valence-corrected chi connectivity index (χ3v) is 2.65. The van der Waals surface area contributed by atoms with Crippen LogP contribution in [0.4, 0.5) is 0 Å². The Kier molecular flexibility index (Phi) is 1.59. The van der Waals surface area contributed by atoms with E-state index in [1.54, 1.807) is 0 Å². The van der Waals surface area contributed by atoms with Gasteiger partial charge in [0.1, 0.15) is 0 Å². The molecule has 0 saturated carbocycles. The van der Waals surface area contributed by atoms with Gasteiger partial charge in [-0.1, -0.05) is 0 Å². The van der Waals surface area contributed by atoms with E-state index in [4.69, 9.17) is 5.73 Å². The Balaban J connectivity index is 2.27. The molecule has 2 unspecified atom stereocenters. The molecular weight excluding hydrogens is 162 g/mol. The smallest absolute Gasteiger partial charge is 0.0909 e. The highest BCUT2D eigenvalue weighted by atomic mass is 15.3. The van der Waals surface area contributed by atoms with E-state index in [9.17, 15) is 0 Å². The van der Waals surface area contributed by atoms with Crippen molar-refractivity contribution in [1.29, 1.82) is 0 Å². The van der Waals surface area contributed by atoms with Gasteiger partial charge in [0.25, 0.3) is 0 Å². The molecule has 0 aromatic carbocycles. The number of hydrogen-bond acceptors (Lipinski definition) is 3. The molecule has 72 valence electrons. The Morgan fingerprint density at radius 1 is 1.46 bits per heavy atom. The summed E-state index contributed by atoms with van der Waals surface area (Å²) in [5, 5.41) is 3.25. The molecule has 0 amide bonds. The number of nitrogens with two attached hydrogens (primary N) is 1. The number of nitrogens with zero attached hydrogens (tertiary/aromatic N) is 1.